The van der Waals surface area contributed by atoms with Gasteiger partial charge in [0.1, 0.15) is 5.84 Å². The van der Waals surface area contributed by atoms with Gasteiger partial charge in [-0.15, -0.1) is 0 Å². The van der Waals surface area contributed by atoms with Gasteiger partial charge in [-0.3, -0.25) is 9.78 Å². The Kier molecular flexibility index (Phi) is 4.93. The zero-order valence-corrected chi connectivity index (χ0v) is 9.63. The number of nitrogens with zero attached hydrogens (tertiary/aromatic N) is 2. The molecule has 6 heteroatoms. The number of hydrogen-bond donors (Lipinski definition) is 3. The summed E-state index contributed by atoms with van der Waals surface area (Å²) in [5.41, 5.74) is 5.89. The molecule has 17 heavy (non-hydrogen) atoms. The molecule has 0 fully saturated rings. The van der Waals surface area contributed by atoms with Gasteiger partial charge < -0.3 is 16.3 Å². The summed E-state index contributed by atoms with van der Waals surface area (Å²) in [4.78, 5) is 15.7. The summed E-state index contributed by atoms with van der Waals surface area (Å²) in [6, 6.07) is 3.22. The van der Waals surface area contributed by atoms with E-state index in [0.29, 0.717) is 18.4 Å². The fourth-order valence-electron chi connectivity index (χ4n) is 1.36. The lowest BCUT2D eigenvalue weighted by Gasteiger charge is -2.15. The average Bonchev–Trinajstić information content (AvgIpc) is 2.38. The van der Waals surface area contributed by atoms with Gasteiger partial charge in [-0.1, -0.05) is 12.1 Å². The summed E-state index contributed by atoms with van der Waals surface area (Å²) in [6.07, 6.45) is 4.11. The standard InChI is InChI=1S/C11H16N4O2/c1-2-9(6-10(12)15-17)14-11(16)8-4-3-5-13-7-8/h3-5,7,9,17H,2,6H2,1H3,(H2,12,15)(H,14,16). The zero-order valence-electron chi connectivity index (χ0n) is 9.63. The minimum atomic E-state index is -0.212. The van der Waals surface area contributed by atoms with E-state index in [9.17, 15) is 4.79 Å². The molecule has 0 saturated heterocycles. The second-order valence-electron chi connectivity index (χ2n) is 3.62. The molecule has 0 bridgehead atoms. The molecule has 92 valence electrons. The number of nitrogens with two attached hydrogens (primary N) is 1. The van der Waals surface area contributed by atoms with Crippen LogP contribution in [0.25, 0.3) is 0 Å². The van der Waals surface area contributed by atoms with Crippen LogP contribution in [0, 0.1) is 0 Å². The van der Waals surface area contributed by atoms with Crippen LogP contribution >= 0.6 is 0 Å². The molecule has 0 aromatic carbocycles. The highest BCUT2D eigenvalue weighted by Crippen LogP contribution is 2.01. The minimum absolute atomic E-state index is 0.100. The molecular weight excluding hydrogens is 220 g/mol. The quantitative estimate of drug-likeness (QED) is 0.303. The van der Waals surface area contributed by atoms with Crippen LogP contribution in [0.4, 0.5) is 0 Å². The lowest BCUT2D eigenvalue weighted by Crippen LogP contribution is -2.37. The van der Waals surface area contributed by atoms with Gasteiger partial charge in [-0.2, -0.15) is 0 Å². The molecule has 6 nitrogen and oxygen atoms in total. The van der Waals surface area contributed by atoms with Crippen LogP contribution < -0.4 is 11.1 Å². The third kappa shape index (κ3) is 4.10. The van der Waals surface area contributed by atoms with Crippen molar-refractivity contribution in [2.24, 2.45) is 10.9 Å². The molecule has 0 aliphatic heterocycles. The number of amides is 1. The predicted molar refractivity (Wildman–Crippen MR) is 63.8 cm³/mol. The molecule has 4 N–H and O–H groups in total. The summed E-state index contributed by atoms with van der Waals surface area (Å²) in [5.74, 6) is -0.112. The number of aromatic nitrogens is 1. The van der Waals surface area contributed by atoms with Gasteiger partial charge in [0.25, 0.3) is 5.91 Å². The Morgan fingerprint density at radius 2 is 2.47 bits per heavy atom. The molecule has 0 aliphatic carbocycles. The maximum atomic E-state index is 11.8. The van der Waals surface area contributed by atoms with E-state index in [1.807, 2.05) is 6.92 Å². The molecule has 1 aromatic heterocycles. The van der Waals surface area contributed by atoms with E-state index in [2.05, 4.69) is 15.5 Å². The van der Waals surface area contributed by atoms with Crippen molar-refractivity contribution in [2.45, 2.75) is 25.8 Å². The van der Waals surface area contributed by atoms with Crippen LogP contribution in [-0.4, -0.2) is 28.0 Å². The van der Waals surface area contributed by atoms with Crippen molar-refractivity contribution in [1.29, 1.82) is 0 Å². The molecule has 1 heterocycles. The molecule has 1 aromatic rings. The van der Waals surface area contributed by atoms with Crippen molar-refractivity contribution in [2.75, 3.05) is 0 Å². The van der Waals surface area contributed by atoms with Crippen molar-refractivity contribution in [3.63, 3.8) is 0 Å². The zero-order chi connectivity index (χ0) is 12.7. The number of carbonyl (C=O) groups is 1. The van der Waals surface area contributed by atoms with E-state index >= 15 is 0 Å². The SMILES string of the molecule is CCC(CC(N)=NO)NC(=O)c1cccnc1. The van der Waals surface area contributed by atoms with Crippen LogP contribution in [0.15, 0.2) is 29.7 Å². The Balaban J connectivity index is 2.60. The average molecular weight is 236 g/mol. The van der Waals surface area contributed by atoms with Gasteiger partial charge >= 0.3 is 0 Å². The van der Waals surface area contributed by atoms with Gasteiger partial charge in [0.15, 0.2) is 0 Å². The largest absolute Gasteiger partial charge is 0.409 e. The van der Waals surface area contributed by atoms with E-state index < -0.39 is 0 Å². The minimum Gasteiger partial charge on any atom is -0.409 e. The van der Waals surface area contributed by atoms with E-state index in [1.54, 1.807) is 18.3 Å². The number of nitrogens with one attached hydrogen (secondary N) is 1. The molecule has 1 rings (SSSR count). The molecular formula is C11H16N4O2. The van der Waals surface area contributed by atoms with Crippen molar-refractivity contribution in [3.8, 4) is 0 Å². The lowest BCUT2D eigenvalue weighted by molar-refractivity contribution is 0.0936. The van der Waals surface area contributed by atoms with Crippen LogP contribution in [0.1, 0.15) is 30.1 Å². The Hall–Kier alpha value is -2.11. The number of oxime groups is 1. The summed E-state index contributed by atoms with van der Waals surface area (Å²) in [6.45, 7) is 1.92. The van der Waals surface area contributed by atoms with Gasteiger partial charge in [0.2, 0.25) is 0 Å². The first kappa shape index (κ1) is 13.0. The summed E-state index contributed by atoms with van der Waals surface area (Å²) >= 11 is 0. The Morgan fingerprint density at radius 1 is 1.71 bits per heavy atom. The van der Waals surface area contributed by atoms with E-state index in [-0.39, 0.29) is 17.8 Å². The van der Waals surface area contributed by atoms with Crippen molar-refractivity contribution in [1.82, 2.24) is 10.3 Å². The monoisotopic (exact) mass is 236 g/mol. The van der Waals surface area contributed by atoms with Crippen molar-refractivity contribution < 1.29 is 10.0 Å². The Morgan fingerprint density at radius 3 is 3.00 bits per heavy atom. The molecule has 0 saturated carbocycles. The van der Waals surface area contributed by atoms with Crippen molar-refractivity contribution in [3.05, 3.63) is 30.1 Å². The van der Waals surface area contributed by atoms with Crippen LogP contribution in [-0.2, 0) is 0 Å². The second-order valence-corrected chi connectivity index (χ2v) is 3.62. The van der Waals surface area contributed by atoms with Crippen LogP contribution in [0.3, 0.4) is 0 Å². The molecule has 1 amide bonds. The normalized spacial score (nSPS) is 13.1. The van der Waals surface area contributed by atoms with E-state index in [1.165, 1.54) is 6.20 Å². The van der Waals surface area contributed by atoms with E-state index in [4.69, 9.17) is 10.9 Å². The third-order valence-corrected chi connectivity index (χ3v) is 2.34. The van der Waals surface area contributed by atoms with Crippen LogP contribution in [0.2, 0.25) is 0 Å². The first-order valence-electron chi connectivity index (χ1n) is 5.34. The molecule has 0 spiro atoms. The number of amidine groups is 1. The molecule has 1 unspecified atom stereocenters. The van der Waals surface area contributed by atoms with Gasteiger partial charge in [0, 0.05) is 24.9 Å². The summed E-state index contributed by atoms with van der Waals surface area (Å²) < 4.78 is 0. The summed E-state index contributed by atoms with van der Waals surface area (Å²) in [5, 5.41) is 14.2. The molecule has 0 radical (unpaired) electrons. The maximum absolute atomic E-state index is 11.8. The first-order valence-corrected chi connectivity index (χ1v) is 5.34. The maximum Gasteiger partial charge on any atom is 0.253 e. The lowest BCUT2D eigenvalue weighted by atomic mass is 10.1. The summed E-state index contributed by atoms with van der Waals surface area (Å²) in [7, 11) is 0. The fraction of sp³-hybridized carbons (Fsp3) is 0.364. The smallest absolute Gasteiger partial charge is 0.253 e. The Labute approximate surface area is 99.5 Å². The molecule has 0 aliphatic rings. The number of pyridine rings is 1. The fourth-order valence-corrected chi connectivity index (χ4v) is 1.36. The number of rotatable bonds is 5. The topological polar surface area (TPSA) is 101 Å². The highest BCUT2D eigenvalue weighted by Gasteiger charge is 2.13. The Bertz CT molecular complexity index is 392. The van der Waals surface area contributed by atoms with Gasteiger partial charge in [-0.05, 0) is 18.6 Å². The first-order chi connectivity index (χ1) is 8.17. The van der Waals surface area contributed by atoms with E-state index in [0.717, 1.165) is 0 Å². The predicted octanol–water partition coefficient (Wildman–Crippen LogP) is 0.726. The second kappa shape index (κ2) is 6.47. The number of carbonyl (C=O) groups excluding carboxylic acids is 1. The van der Waals surface area contributed by atoms with Crippen LogP contribution in [0.5, 0.6) is 0 Å². The highest BCUT2D eigenvalue weighted by molar-refractivity contribution is 5.94. The number of hydrogen-bond acceptors (Lipinski definition) is 4. The van der Waals surface area contributed by atoms with Gasteiger partial charge in [-0.25, -0.2) is 0 Å². The molecule has 1 atom stereocenters. The van der Waals surface area contributed by atoms with Crippen molar-refractivity contribution >= 4 is 11.7 Å². The van der Waals surface area contributed by atoms with Gasteiger partial charge in [0.05, 0.1) is 5.56 Å². The highest BCUT2D eigenvalue weighted by atomic mass is 16.4. The third-order valence-electron chi connectivity index (χ3n) is 2.34.